The predicted molar refractivity (Wildman–Crippen MR) is 261 cm³/mol. The lowest BCUT2D eigenvalue weighted by atomic mass is 10.0. The van der Waals surface area contributed by atoms with Gasteiger partial charge in [0.15, 0.2) is 11.6 Å². The van der Waals surface area contributed by atoms with Gasteiger partial charge in [0.05, 0.1) is 0 Å². The SMILES string of the molecule is CCCCCCCCc1cnc(-c2ccc(Oc3ccc(-c4ncc(CCCCCCCC)cn4)cc3CCCCC[Si](C)(C)C)c(CCCCC[Si](C)(C)C)c2)nc1. The molecule has 0 aliphatic carbocycles. The van der Waals surface area contributed by atoms with E-state index in [0.717, 1.165) is 72.8 Å². The number of nitrogens with zero attached hydrogens (tertiary/aromatic N) is 4. The van der Waals surface area contributed by atoms with Gasteiger partial charge in [0.1, 0.15) is 11.5 Å². The number of hydrogen-bond acceptors (Lipinski definition) is 5. The summed E-state index contributed by atoms with van der Waals surface area (Å²) < 4.78 is 6.97. The number of hydrogen-bond donors (Lipinski definition) is 0. The molecule has 2 heterocycles. The maximum absolute atomic E-state index is 6.97. The molecule has 0 aliphatic heterocycles. The van der Waals surface area contributed by atoms with Crippen molar-refractivity contribution in [1.82, 2.24) is 19.9 Å². The Labute approximate surface area is 363 Å². The summed E-state index contributed by atoms with van der Waals surface area (Å²) in [5.74, 6) is 3.48. The molecule has 2 aromatic carbocycles. The first-order valence-electron chi connectivity index (χ1n) is 24.0. The van der Waals surface area contributed by atoms with Gasteiger partial charge in [-0.25, -0.2) is 19.9 Å². The summed E-state index contributed by atoms with van der Waals surface area (Å²) in [7, 11) is -2.09. The molecular formula is C52H82N4OSi2. The number of unbranched alkanes of at least 4 members (excludes halogenated alkanes) is 14. The van der Waals surface area contributed by atoms with Gasteiger partial charge in [-0.2, -0.15) is 0 Å². The van der Waals surface area contributed by atoms with Crippen LogP contribution in [0.3, 0.4) is 0 Å². The summed E-state index contributed by atoms with van der Waals surface area (Å²) in [6.07, 6.45) is 35.2. The van der Waals surface area contributed by atoms with Gasteiger partial charge in [-0.05, 0) is 110 Å². The quantitative estimate of drug-likeness (QED) is 0.0387. The molecule has 0 spiro atoms. The van der Waals surface area contributed by atoms with Crippen molar-refractivity contribution in [3.8, 4) is 34.3 Å². The second kappa shape index (κ2) is 26.2. The van der Waals surface area contributed by atoms with E-state index in [1.807, 2.05) is 24.8 Å². The molecule has 4 aromatic rings. The van der Waals surface area contributed by atoms with Gasteiger partial charge < -0.3 is 4.74 Å². The number of aryl methyl sites for hydroxylation is 4. The first kappa shape index (κ1) is 48.5. The van der Waals surface area contributed by atoms with Crippen molar-refractivity contribution in [2.75, 3.05) is 0 Å². The normalized spacial score (nSPS) is 12.0. The molecule has 0 amide bonds. The monoisotopic (exact) mass is 835 g/mol. The van der Waals surface area contributed by atoms with Gasteiger partial charge in [-0.3, -0.25) is 0 Å². The highest BCUT2D eigenvalue weighted by Gasteiger charge is 2.16. The van der Waals surface area contributed by atoms with E-state index in [1.54, 1.807) is 0 Å². The van der Waals surface area contributed by atoms with Crippen molar-refractivity contribution in [1.29, 1.82) is 0 Å². The zero-order valence-electron chi connectivity index (χ0n) is 38.9. The van der Waals surface area contributed by atoms with Crippen LogP contribution in [0.25, 0.3) is 22.8 Å². The summed E-state index contributed by atoms with van der Waals surface area (Å²) in [4.78, 5) is 19.4. The van der Waals surface area contributed by atoms with Crippen LogP contribution in [0.15, 0.2) is 61.2 Å². The van der Waals surface area contributed by atoms with Gasteiger partial charge >= 0.3 is 0 Å². The Morgan fingerprint density at radius 1 is 0.407 bits per heavy atom. The molecule has 7 heteroatoms. The third-order valence-corrected chi connectivity index (χ3v) is 15.4. The molecule has 2 aromatic heterocycles. The Bertz CT molecular complexity index is 1620. The Morgan fingerprint density at radius 2 is 0.746 bits per heavy atom. The minimum atomic E-state index is -1.05. The molecule has 0 fully saturated rings. The van der Waals surface area contributed by atoms with Crippen LogP contribution in [0.5, 0.6) is 11.5 Å². The molecule has 0 saturated heterocycles. The molecular weight excluding hydrogens is 753 g/mol. The fourth-order valence-corrected chi connectivity index (χ4v) is 10.5. The standard InChI is InChI=1S/C52H82N4OSi2/c1-9-11-13-15-17-21-27-43-39-53-51(54-40-43)47-31-33-49(45(37-47)29-23-19-25-35-58(3,4)5)57-50-34-32-48(38-46(50)30-24-20-26-36-59(6,7)8)52-55-41-44(42-56-52)28-22-18-16-14-12-10-2/h31-34,37-42H,9-30,35-36H2,1-8H3. The van der Waals surface area contributed by atoms with Crippen LogP contribution in [-0.4, -0.2) is 36.1 Å². The topological polar surface area (TPSA) is 60.8 Å². The van der Waals surface area contributed by atoms with Crippen LogP contribution in [0, 0.1) is 0 Å². The lowest BCUT2D eigenvalue weighted by Crippen LogP contribution is -2.18. The van der Waals surface area contributed by atoms with Crippen molar-refractivity contribution >= 4 is 16.1 Å². The third-order valence-electron chi connectivity index (χ3n) is 11.7. The van der Waals surface area contributed by atoms with Crippen molar-refractivity contribution in [2.45, 2.75) is 206 Å². The van der Waals surface area contributed by atoms with Crippen molar-refractivity contribution in [3.05, 3.63) is 83.4 Å². The summed E-state index contributed by atoms with van der Waals surface area (Å²) in [6, 6.07) is 16.0. The highest BCUT2D eigenvalue weighted by molar-refractivity contribution is 6.76. The molecule has 0 aliphatic rings. The van der Waals surface area contributed by atoms with Crippen molar-refractivity contribution in [2.24, 2.45) is 0 Å². The average Bonchev–Trinajstić information content (AvgIpc) is 3.21. The molecule has 4 rings (SSSR count). The van der Waals surface area contributed by atoms with E-state index in [4.69, 9.17) is 24.7 Å². The van der Waals surface area contributed by atoms with Crippen LogP contribution >= 0.6 is 0 Å². The Balaban J connectivity index is 1.53. The van der Waals surface area contributed by atoms with Gasteiger partial charge in [0, 0.05) is 52.1 Å². The lowest BCUT2D eigenvalue weighted by molar-refractivity contribution is 0.467. The molecule has 324 valence electrons. The van der Waals surface area contributed by atoms with Crippen LogP contribution in [0.1, 0.15) is 152 Å². The lowest BCUT2D eigenvalue weighted by Gasteiger charge is -2.18. The molecule has 0 unspecified atom stereocenters. The van der Waals surface area contributed by atoms with E-state index in [9.17, 15) is 0 Å². The van der Waals surface area contributed by atoms with Crippen LogP contribution in [-0.2, 0) is 25.7 Å². The maximum Gasteiger partial charge on any atom is 0.159 e. The highest BCUT2D eigenvalue weighted by atomic mass is 28.3. The smallest absolute Gasteiger partial charge is 0.159 e. The van der Waals surface area contributed by atoms with E-state index in [1.165, 1.54) is 137 Å². The van der Waals surface area contributed by atoms with Crippen LogP contribution in [0.4, 0.5) is 0 Å². The summed E-state index contributed by atoms with van der Waals surface area (Å²) >= 11 is 0. The first-order valence-corrected chi connectivity index (χ1v) is 31.4. The Hall–Kier alpha value is -3.17. The van der Waals surface area contributed by atoms with Gasteiger partial charge in [-0.1, -0.05) is 155 Å². The molecule has 0 saturated carbocycles. The molecule has 0 N–H and O–H groups in total. The van der Waals surface area contributed by atoms with Gasteiger partial charge in [-0.15, -0.1) is 0 Å². The minimum absolute atomic E-state index is 0.796. The van der Waals surface area contributed by atoms with Gasteiger partial charge in [0.25, 0.3) is 0 Å². The zero-order valence-corrected chi connectivity index (χ0v) is 40.9. The molecule has 0 bridgehead atoms. The van der Waals surface area contributed by atoms with Crippen LogP contribution in [0.2, 0.25) is 51.4 Å². The van der Waals surface area contributed by atoms with Crippen LogP contribution < -0.4 is 4.74 Å². The second-order valence-electron chi connectivity index (χ2n) is 19.9. The summed E-state index contributed by atoms with van der Waals surface area (Å²) in [5, 5.41) is 0. The Morgan fingerprint density at radius 3 is 1.12 bits per heavy atom. The number of ether oxygens (including phenoxy) is 1. The Kier molecular flexibility index (Phi) is 21.6. The van der Waals surface area contributed by atoms with Crippen molar-refractivity contribution < 1.29 is 4.74 Å². The van der Waals surface area contributed by atoms with Gasteiger partial charge in [0.2, 0.25) is 0 Å². The molecule has 0 atom stereocenters. The highest BCUT2D eigenvalue weighted by Crippen LogP contribution is 2.35. The number of benzene rings is 2. The number of rotatable bonds is 30. The second-order valence-corrected chi connectivity index (χ2v) is 31.1. The number of aromatic nitrogens is 4. The zero-order chi connectivity index (χ0) is 42.4. The largest absolute Gasteiger partial charge is 0.457 e. The molecule has 5 nitrogen and oxygen atoms in total. The fourth-order valence-electron chi connectivity index (χ4n) is 7.93. The predicted octanol–water partition coefficient (Wildman–Crippen LogP) is 16.3. The van der Waals surface area contributed by atoms with E-state index < -0.39 is 16.1 Å². The fraction of sp³-hybridized carbons (Fsp3) is 0.615. The van der Waals surface area contributed by atoms with E-state index in [-0.39, 0.29) is 0 Å². The average molecular weight is 835 g/mol. The van der Waals surface area contributed by atoms with E-state index in [2.05, 4.69) is 89.5 Å². The van der Waals surface area contributed by atoms with Crippen molar-refractivity contribution in [3.63, 3.8) is 0 Å². The third kappa shape index (κ3) is 19.4. The molecule has 59 heavy (non-hydrogen) atoms. The summed E-state index contributed by atoms with van der Waals surface area (Å²) in [5.41, 5.74) is 7.08. The van der Waals surface area contributed by atoms with E-state index in [0.29, 0.717) is 0 Å². The summed E-state index contributed by atoms with van der Waals surface area (Å²) in [6.45, 7) is 19.4. The minimum Gasteiger partial charge on any atom is -0.457 e. The van der Waals surface area contributed by atoms with E-state index >= 15 is 0 Å². The molecule has 0 radical (unpaired) electrons. The first-order chi connectivity index (χ1) is 28.4. The maximum atomic E-state index is 6.97.